The van der Waals surface area contributed by atoms with Gasteiger partial charge in [-0.2, -0.15) is 9.78 Å². The first-order valence-corrected chi connectivity index (χ1v) is 11.2. The smallest absolute Gasteiger partial charge is 0.221 e. The van der Waals surface area contributed by atoms with Crippen LogP contribution in [0.15, 0.2) is 61.8 Å². The Morgan fingerprint density at radius 2 is 1.97 bits per heavy atom. The number of nitrogens with zero attached hydrogens (tertiary/aromatic N) is 4. The summed E-state index contributed by atoms with van der Waals surface area (Å²) < 4.78 is 18.5. The standard InChI is InChI=1S/C20H15Cl3N4O3S/c1-2-31-20-26-25-19(17-4-3-7-28-17)27(20)24-10-13-5-6-14(30-13)11-29-18-15(22)8-12(21)9-16(18)23/h3-10H,2,11H2,1H3/b24-10-. The monoisotopic (exact) mass is 496 g/mol. The Kier molecular flexibility index (Phi) is 6.92. The number of rotatable bonds is 8. The lowest BCUT2D eigenvalue weighted by molar-refractivity contribution is 0.270. The average Bonchev–Trinajstić information content (AvgIpc) is 3.47. The lowest BCUT2D eigenvalue weighted by Gasteiger charge is -2.08. The van der Waals surface area contributed by atoms with E-state index in [1.165, 1.54) is 11.8 Å². The highest BCUT2D eigenvalue weighted by molar-refractivity contribution is 7.99. The number of aromatic nitrogens is 3. The summed E-state index contributed by atoms with van der Waals surface area (Å²) in [5.74, 6) is 3.33. The molecule has 0 aliphatic carbocycles. The number of hydrogen-bond donors (Lipinski definition) is 0. The quantitative estimate of drug-likeness (QED) is 0.200. The molecule has 0 amide bonds. The van der Waals surface area contributed by atoms with Crippen molar-refractivity contribution in [3.8, 4) is 17.3 Å². The SMILES string of the molecule is CCSc1nnc(-c2ccco2)n1/N=C\c1ccc(COc2c(Cl)cc(Cl)cc2Cl)o1. The molecular weight excluding hydrogens is 483 g/mol. The second kappa shape index (κ2) is 9.82. The zero-order chi connectivity index (χ0) is 21.8. The van der Waals surface area contributed by atoms with Crippen molar-refractivity contribution in [3.05, 3.63) is 69.2 Å². The van der Waals surface area contributed by atoms with Crippen molar-refractivity contribution < 1.29 is 13.6 Å². The number of hydrogen-bond acceptors (Lipinski definition) is 7. The van der Waals surface area contributed by atoms with Crippen LogP contribution in [0.4, 0.5) is 0 Å². The van der Waals surface area contributed by atoms with E-state index in [4.69, 9.17) is 48.4 Å². The average molecular weight is 498 g/mol. The van der Waals surface area contributed by atoms with E-state index in [0.717, 1.165) is 5.75 Å². The third kappa shape index (κ3) is 5.10. The van der Waals surface area contributed by atoms with Gasteiger partial charge in [0.1, 0.15) is 18.1 Å². The lowest BCUT2D eigenvalue weighted by atomic mass is 10.3. The molecule has 0 unspecified atom stereocenters. The first-order chi connectivity index (χ1) is 15.0. The summed E-state index contributed by atoms with van der Waals surface area (Å²) in [6, 6.07) is 10.3. The third-order valence-electron chi connectivity index (χ3n) is 3.93. The van der Waals surface area contributed by atoms with E-state index in [9.17, 15) is 0 Å². The van der Waals surface area contributed by atoms with Crippen LogP contribution >= 0.6 is 46.6 Å². The van der Waals surface area contributed by atoms with Crippen LogP contribution in [0.5, 0.6) is 5.75 Å². The first kappa shape index (κ1) is 21.8. The minimum absolute atomic E-state index is 0.135. The van der Waals surface area contributed by atoms with Crippen LogP contribution in [-0.2, 0) is 6.61 Å². The molecule has 11 heteroatoms. The van der Waals surface area contributed by atoms with Crippen molar-refractivity contribution in [2.45, 2.75) is 18.7 Å². The summed E-state index contributed by atoms with van der Waals surface area (Å²) >= 11 is 19.7. The van der Waals surface area contributed by atoms with Gasteiger partial charge < -0.3 is 13.6 Å². The molecule has 160 valence electrons. The second-order valence-corrected chi connectivity index (χ2v) is 8.55. The maximum Gasteiger partial charge on any atom is 0.221 e. The Morgan fingerprint density at radius 1 is 1.16 bits per heavy atom. The van der Waals surface area contributed by atoms with Gasteiger partial charge in [0.15, 0.2) is 11.5 Å². The Morgan fingerprint density at radius 3 is 2.68 bits per heavy atom. The Hall–Kier alpha value is -2.39. The molecule has 31 heavy (non-hydrogen) atoms. The van der Waals surface area contributed by atoms with Crippen molar-refractivity contribution in [1.29, 1.82) is 0 Å². The molecule has 1 aromatic carbocycles. The third-order valence-corrected chi connectivity index (χ3v) is 5.51. The van der Waals surface area contributed by atoms with Crippen molar-refractivity contribution >= 4 is 52.8 Å². The molecule has 0 N–H and O–H groups in total. The van der Waals surface area contributed by atoms with Gasteiger partial charge in [0.05, 0.1) is 22.5 Å². The van der Waals surface area contributed by atoms with Gasteiger partial charge in [0.2, 0.25) is 11.0 Å². The second-order valence-electron chi connectivity index (χ2n) is 6.06. The minimum atomic E-state index is 0.135. The Bertz CT molecular complexity index is 1180. The molecule has 3 heterocycles. The van der Waals surface area contributed by atoms with Gasteiger partial charge >= 0.3 is 0 Å². The van der Waals surface area contributed by atoms with Crippen LogP contribution in [0.3, 0.4) is 0 Å². The van der Waals surface area contributed by atoms with Crippen LogP contribution in [0.25, 0.3) is 11.6 Å². The zero-order valence-corrected chi connectivity index (χ0v) is 19.2. The van der Waals surface area contributed by atoms with Gasteiger partial charge in [-0.3, -0.25) is 0 Å². The first-order valence-electron chi connectivity index (χ1n) is 9.07. The number of ether oxygens (including phenoxy) is 1. The molecule has 4 aromatic rings. The maximum atomic E-state index is 6.14. The van der Waals surface area contributed by atoms with Crippen molar-refractivity contribution in [2.75, 3.05) is 5.75 Å². The Labute approximate surface area is 196 Å². The molecule has 0 bridgehead atoms. The highest BCUT2D eigenvalue weighted by atomic mass is 35.5. The predicted octanol–water partition coefficient (Wildman–Crippen LogP) is 6.66. The molecule has 0 spiro atoms. The van der Waals surface area contributed by atoms with Crippen LogP contribution in [0.2, 0.25) is 15.1 Å². The highest BCUT2D eigenvalue weighted by Crippen LogP contribution is 2.36. The predicted molar refractivity (Wildman–Crippen MR) is 122 cm³/mol. The van der Waals surface area contributed by atoms with Crippen LogP contribution < -0.4 is 4.74 Å². The van der Waals surface area contributed by atoms with E-state index in [0.29, 0.717) is 49.1 Å². The molecule has 7 nitrogen and oxygen atoms in total. The van der Waals surface area contributed by atoms with Gasteiger partial charge in [-0.25, -0.2) is 0 Å². The molecule has 0 fully saturated rings. The van der Waals surface area contributed by atoms with E-state index >= 15 is 0 Å². The lowest BCUT2D eigenvalue weighted by Crippen LogP contribution is -1.96. The molecule has 0 radical (unpaired) electrons. The summed E-state index contributed by atoms with van der Waals surface area (Å²) in [6.07, 6.45) is 3.14. The number of thioether (sulfide) groups is 1. The van der Waals surface area contributed by atoms with Crippen molar-refractivity contribution in [1.82, 2.24) is 14.9 Å². The molecule has 4 rings (SSSR count). The summed E-state index contributed by atoms with van der Waals surface area (Å²) in [7, 11) is 0. The molecule has 0 saturated carbocycles. The van der Waals surface area contributed by atoms with Crippen LogP contribution in [0.1, 0.15) is 18.4 Å². The molecule has 0 aliphatic rings. The van der Waals surface area contributed by atoms with Gasteiger partial charge in [-0.05, 0) is 42.2 Å². The normalized spacial score (nSPS) is 11.5. The fourth-order valence-electron chi connectivity index (χ4n) is 2.61. The van der Waals surface area contributed by atoms with Gasteiger partial charge in [0, 0.05) is 5.02 Å². The number of furan rings is 2. The number of halogens is 3. The van der Waals surface area contributed by atoms with E-state index in [1.54, 1.807) is 53.6 Å². The topological polar surface area (TPSA) is 78.6 Å². The van der Waals surface area contributed by atoms with Crippen molar-refractivity contribution in [2.24, 2.45) is 5.10 Å². The van der Waals surface area contributed by atoms with E-state index in [-0.39, 0.29) is 6.61 Å². The fourth-order valence-corrected chi connectivity index (χ4v) is 4.15. The van der Waals surface area contributed by atoms with Crippen molar-refractivity contribution in [3.63, 3.8) is 0 Å². The maximum absolute atomic E-state index is 6.14. The van der Waals surface area contributed by atoms with E-state index in [2.05, 4.69) is 15.3 Å². The summed E-state index contributed by atoms with van der Waals surface area (Å²) in [5, 5.41) is 14.6. The van der Waals surface area contributed by atoms with Gasteiger partial charge in [0.25, 0.3) is 0 Å². The molecule has 3 aromatic heterocycles. The van der Waals surface area contributed by atoms with Crippen LogP contribution in [0, 0.1) is 0 Å². The molecule has 0 aliphatic heterocycles. The molecule has 0 atom stereocenters. The van der Waals surface area contributed by atoms with Gasteiger partial charge in [-0.1, -0.05) is 53.5 Å². The van der Waals surface area contributed by atoms with Crippen LogP contribution in [-0.4, -0.2) is 26.8 Å². The molecule has 0 saturated heterocycles. The Balaban J connectivity index is 1.50. The number of benzene rings is 1. The zero-order valence-electron chi connectivity index (χ0n) is 16.1. The van der Waals surface area contributed by atoms with E-state index < -0.39 is 0 Å². The fraction of sp³-hybridized carbons (Fsp3) is 0.150. The van der Waals surface area contributed by atoms with Gasteiger partial charge in [-0.15, -0.1) is 10.2 Å². The highest BCUT2D eigenvalue weighted by Gasteiger charge is 2.16. The molecular formula is C20H15Cl3N4O3S. The summed E-state index contributed by atoms with van der Waals surface area (Å²) in [5.41, 5.74) is 0. The summed E-state index contributed by atoms with van der Waals surface area (Å²) in [4.78, 5) is 0. The minimum Gasteiger partial charge on any atom is -0.483 e. The van der Waals surface area contributed by atoms with E-state index in [1.807, 2.05) is 6.92 Å². The largest absolute Gasteiger partial charge is 0.483 e. The summed E-state index contributed by atoms with van der Waals surface area (Å²) in [6.45, 7) is 2.16.